The summed E-state index contributed by atoms with van der Waals surface area (Å²) in [6.45, 7) is 7.07. The molecule has 1 aromatic carbocycles. The SMILES string of the molecule is CCn1nc(C)c(Cl)c1COc1ccc([C@@H](C)N)cc1. The molecule has 108 valence electrons. The predicted molar refractivity (Wildman–Crippen MR) is 81.0 cm³/mol. The third kappa shape index (κ3) is 3.14. The van der Waals surface area contributed by atoms with Crippen molar-refractivity contribution in [3.05, 3.63) is 46.2 Å². The van der Waals surface area contributed by atoms with Crippen LogP contribution < -0.4 is 10.5 Å². The summed E-state index contributed by atoms with van der Waals surface area (Å²) < 4.78 is 7.65. The maximum Gasteiger partial charge on any atom is 0.131 e. The lowest BCUT2D eigenvalue weighted by Crippen LogP contribution is -2.07. The van der Waals surface area contributed by atoms with Crippen LogP contribution in [0.15, 0.2) is 24.3 Å². The highest BCUT2D eigenvalue weighted by molar-refractivity contribution is 6.31. The van der Waals surface area contributed by atoms with E-state index < -0.39 is 0 Å². The van der Waals surface area contributed by atoms with Crippen LogP contribution in [0.4, 0.5) is 0 Å². The van der Waals surface area contributed by atoms with Gasteiger partial charge in [0.05, 0.1) is 16.4 Å². The highest BCUT2D eigenvalue weighted by Crippen LogP contribution is 2.23. The van der Waals surface area contributed by atoms with E-state index in [1.165, 1.54) is 0 Å². The maximum atomic E-state index is 6.25. The van der Waals surface area contributed by atoms with Crippen molar-refractivity contribution in [1.29, 1.82) is 0 Å². The fraction of sp³-hybridized carbons (Fsp3) is 0.400. The van der Waals surface area contributed by atoms with Crippen LogP contribution in [0.5, 0.6) is 5.75 Å². The molecule has 1 atom stereocenters. The monoisotopic (exact) mass is 293 g/mol. The minimum absolute atomic E-state index is 0.0302. The minimum atomic E-state index is 0.0302. The molecule has 0 aliphatic carbocycles. The number of hydrogen-bond acceptors (Lipinski definition) is 3. The molecule has 2 N–H and O–H groups in total. The van der Waals surface area contributed by atoms with Gasteiger partial charge in [0.1, 0.15) is 12.4 Å². The van der Waals surface area contributed by atoms with Gasteiger partial charge >= 0.3 is 0 Å². The zero-order valence-corrected chi connectivity index (χ0v) is 12.8. The molecular formula is C15H20ClN3O. The van der Waals surface area contributed by atoms with Crippen LogP contribution in [0.2, 0.25) is 5.02 Å². The molecule has 0 unspecified atom stereocenters. The lowest BCUT2D eigenvalue weighted by Gasteiger charge is -2.10. The van der Waals surface area contributed by atoms with E-state index in [1.807, 2.05) is 49.7 Å². The number of rotatable bonds is 5. The average Bonchev–Trinajstić information content (AvgIpc) is 2.72. The molecule has 0 radical (unpaired) electrons. The van der Waals surface area contributed by atoms with Crippen molar-refractivity contribution in [3.8, 4) is 5.75 Å². The van der Waals surface area contributed by atoms with Crippen molar-refractivity contribution in [3.63, 3.8) is 0 Å². The molecule has 0 aliphatic rings. The fourth-order valence-electron chi connectivity index (χ4n) is 2.03. The van der Waals surface area contributed by atoms with Crippen molar-refractivity contribution >= 4 is 11.6 Å². The van der Waals surface area contributed by atoms with Crippen LogP contribution in [0, 0.1) is 6.92 Å². The van der Waals surface area contributed by atoms with Crippen LogP contribution in [0.3, 0.4) is 0 Å². The molecule has 0 aliphatic heterocycles. The normalized spacial score (nSPS) is 12.4. The number of halogens is 1. The molecule has 0 bridgehead atoms. The summed E-state index contributed by atoms with van der Waals surface area (Å²) in [6.07, 6.45) is 0. The van der Waals surface area contributed by atoms with Crippen molar-refractivity contribution in [2.45, 2.75) is 40.0 Å². The third-order valence-corrected chi connectivity index (χ3v) is 3.73. The van der Waals surface area contributed by atoms with Crippen molar-refractivity contribution in [2.75, 3.05) is 0 Å². The molecule has 20 heavy (non-hydrogen) atoms. The first-order valence-corrected chi connectivity index (χ1v) is 7.10. The predicted octanol–water partition coefficient (Wildman–Crippen LogP) is 3.46. The lowest BCUT2D eigenvalue weighted by atomic mass is 10.1. The second kappa shape index (κ2) is 6.29. The van der Waals surface area contributed by atoms with Crippen molar-refractivity contribution in [1.82, 2.24) is 9.78 Å². The highest BCUT2D eigenvalue weighted by atomic mass is 35.5. The number of hydrogen-bond donors (Lipinski definition) is 1. The largest absolute Gasteiger partial charge is 0.487 e. The second-order valence-electron chi connectivity index (χ2n) is 4.81. The van der Waals surface area contributed by atoms with E-state index in [2.05, 4.69) is 5.10 Å². The van der Waals surface area contributed by atoms with Crippen LogP contribution in [0.1, 0.15) is 36.8 Å². The topological polar surface area (TPSA) is 53.1 Å². The van der Waals surface area contributed by atoms with Gasteiger partial charge in [0.25, 0.3) is 0 Å². The lowest BCUT2D eigenvalue weighted by molar-refractivity contribution is 0.292. The molecule has 0 fully saturated rings. The van der Waals surface area contributed by atoms with Gasteiger partial charge in [-0.05, 0) is 38.5 Å². The van der Waals surface area contributed by atoms with E-state index in [1.54, 1.807) is 0 Å². The Hall–Kier alpha value is -1.52. The van der Waals surface area contributed by atoms with Crippen LogP contribution in [-0.4, -0.2) is 9.78 Å². The quantitative estimate of drug-likeness (QED) is 0.918. The number of aryl methyl sites for hydroxylation is 2. The van der Waals surface area contributed by atoms with Gasteiger partial charge in [0.15, 0.2) is 0 Å². The summed E-state index contributed by atoms with van der Waals surface area (Å²) in [7, 11) is 0. The molecule has 1 aromatic heterocycles. The smallest absolute Gasteiger partial charge is 0.131 e. The number of nitrogens with zero attached hydrogens (tertiary/aromatic N) is 2. The molecule has 1 heterocycles. The highest BCUT2D eigenvalue weighted by Gasteiger charge is 2.13. The van der Waals surface area contributed by atoms with Gasteiger partial charge in [-0.2, -0.15) is 5.10 Å². The molecule has 2 aromatic rings. The molecule has 2 rings (SSSR count). The standard InChI is InChI=1S/C15H20ClN3O/c1-4-19-14(15(16)11(3)18-19)9-20-13-7-5-12(6-8-13)10(2)17/h5-8,10H,4,9,17H2,1-3H3/t10-/m1/s1. The number of nitrogens with two attached hydrogens (primary N) is 1. The first kappa shape index (κ1) is 14.9. The Bertz CT molecular complexity index is 576. The Balaban J connectivity index is 2.09. The molecule has 0 spiro atoms. The number of aromatic nitrogens is 2. The Kier molecular flexibility index (Phi) is 4.68. The Morgan fingerprint density at radius 3 is 2.55 bits per heavy atom. The molecule has 0 saturated heterocycles. The Labute approximate surface area is 124 Å². The zero-order chi connectivity index (χ0) is 14.7. The Morgan fingerprint density at radius 1 is 1.35 bits per heavy atom. The van der Waals surface area contributed by atoms with Crippen molar-refractivity contribution < 1.29 is 4.74 Å². The summed E-state index contributed by atoms with van der Waals surface area (Å²) in [6, 6.07) is 7.83. The summed E-state index contributed by atoms with van der Waals surface area (Å²) in [5.41, 5.74) is 8.65. The van der Waals surface area contributed by atoms with Crippen LogP contribution in [0.25, 0.3) is 0 Å². The zero-order valence-electron chi connectivity index (χ0n) is 12.1. The van der Waals surface area contributed by atoms with Gasteiger partial charge in [-0.1, -0.05) is 23.7 Å². The summed E-state index contributed by atoms with van der Waals surface area (Å²) in [5, 5.41) is 5.05. The molecular weight excluding hydrogens is 274 g/mol. The third-order valence-electron chi connectivity index (χ3n) is 3.23. The average molecular weight is 294 g/mol. The van der Waals surface area contributed by atoms with E-state index in [-0.39, 0.29) is 6.04 Å². The number of benzene rings is 1. The summed E-state index contributed by atoms with van der Waals surface area (Å²) >= 11 is 6.25. The first-order chi connectivity index (χ1) is 9.52. The maximum absolute atomic E-state index is 6.25. The number of ether oxygens (including phenoxy) is 1. The molecule has 0 amide bonds. The van der Waals surface area contributed by atoms with Crippen LogP contribution in [-0.2, 0) is 13.2 Å². The van der Waals surface area contributed by atoms with Crippen LogP contribution >= 0.6 is 11.6 Å². The molecule has 4 nitrogen and oxygen atoms in total. The van der Waals surface area contributed by atoms with E-state index in [9.17, 15) is 0 Å². The van der Waals surface area contributed by atoms with Gasteiger partial charge in [-0.15, -0.1) is 0 Å². The summed E-state index contributed by atoms with van der Waals surface area (Å²) in [5.74, 6) is 0.798. The Morgan fingerprint density at radius 2 is 2.00 bits per heavy atom. The molecule has 5 heteroatoms. The van der Waals surface area contributed by atoms with Gasteiger partial charge in [-0.25, -0.2) is 0 Å². The van der Waals surface area contributed by atoms with E-state index in [4.69, 9.17) is 22.1 Å². The van der Waals surface area contributed by atoms with Gasteiger partial charge in [0, 0.05) is 12.6 Å². The van der Waals surface area contributed by atoms with E-state index >= 15 is 0 Å². The first-order valence-electron chi connectivity index (χ1n) is 6.73. The molecule has 0 saturated carbocycles. The fourth-order valence-corrected chi connectivity index (χ4v) is 2.22. The minimum Gasteiger partial charge on any atom is -0.487 e. The summed E-state index contributed by atoms with van der Waals surface area (Å²) in [4.78, 5) is 0. The van der Waals surface area contributed by atoms with Gasteiger partial charge in [-0.3, -0.25) is 4.68 Å². The van der Waals surface area contributed by atoms with E-state index in [0.29, 0.717) is 11.6 Å². The van der Waals surface area contributed by atoms with Gasteiger partial charge in [0.2, 0.25) is 0 Å². The van der Waals surface area contributed by atoms with E-state index in [0.717, 1.165) is 29.2 Å². The van der Waals surface area contributed by atoms with Crippen molar-refractivity contribution in [2.24, 2.45) is 5.73 Å². The van der Waals surface area contributed by atoms with Gasteiger partial charge < -0.3 is 10.5 Å². The second-order valence-corrected chi connectivity index (χ2v) is 5.19.